The molecule has 2 heterocycles. The number of fused-ring (bicyclic) bond motifs is 1. The maximum atomic E-state index is 12.4. The largest absolute Gasteiger partial charge is 0.497 e. The van der Waals surface area contributed by atoms with E-state index in [0.717, 1.165) is 48.1 Å². The number of anilines is 1. The van der Waals surface area contributed by atoms with E-state index >= 15 is 0 Å². The number of pyridine rings is 1. The third-order valence-corrected chi connectivity index (χ3v) is 6.48. The first kappa shape index (κ1) is 25.6. The van der Waals surface area contributed by atoms with E-state index in [-0.39, 0.29) is 18.5 Å². The van der Waals surface area contributed by atoms with Crippen molar-refractivity contribution >= 4 is 28.5 Å². The van der Waals surface area contributed by atoms with Gasteiger partial charge in [0.15, 0.2) is 0 Å². The van der Waals surface area contributed by atoms with Crippen molar-refractivity contribution in [3.05, 3.63) is 65.9 Å². The SMILES string of the molecule is COC(=O)c1cccc(NC(=O)CNC2CCN(C[C@@H](O)c3ccnc4ccc(OC)cc34)CC2)c1. The van der Waals surface area contributed by atoms with Crippen molar-refractivity contribution in [2.45, 2.75) is 25.0 Å². The van der Waals surface area contributed by atoms with Gasteiger partial charge in [0.2, 0.25) is 5.91 Å². The molecule has 0 radical (unpaired) electrons. The molecule has 190 valence electrons. The minimum absolute atomic E-state index is 0.171. The molecule has 2 aromatic carbocycles. The van der Waals surface area contributed by atoms with Crippen LogP contribution in [-0.4, -0.2) is 73.3 Å². The van der Waals surface area contributed by atoms with Gasteiger partial charge in [-0.1, -0.05) is 6.07 Å². The van der Waals surface area contributed by atoms with Crippen molar-refractivity contribution in [1.82, 2.24) is 15.2 Å². The first-order valence-electron chi connectivity index (χ1n) is 12.0. The second-order valence-corrected chi connectivity index (χ2v) is 8.88. The fourth-order valence-corrected chi connectivity index (χ4v) is 4.51. The Morgan fingerprint density at radius 3 is 2.69 bits per heavy atom. The number of hydrogen-bond donors (Lipinski definition) is 3. The number of nitrogens with one attached hydrogen (secondary N) is 2. The number of benzene rings is 2. The maximum absolute atomic E-state index is 12.4. The fourth-order valence-electron chi connectivity index (χ4n) is 4.51. The van der Waals surface area contributed by atoms with Crippen LogP contribution >= 0.6 is 0 Å². The molecule has 0 unspecified atom stereocenters. The molecule has 1 atom stereocenters. The molecular weight excluding hydrogens is 460 g/mol. The number of aliphatic hydroxyl groups is 1. The number of β-amino-alcohol motifs (C(OH)–C–C–N with tert-alkyl or cyclic N) is 1. The Labute approximate surface area is 210 Å². The zero-order chi connectivity index (χ0) is 25.5. The number of aromatic nitrogens is 1. The predicted molar refractivity (Wildman–Crippen MR) is 137 cm³/mol. The van der Waals surface area contributed by atoms with Gasteiger partial charge in [-0.05, 0) is 74.0 Å². The number of amides is 1. The second-order valence-electron chi connectivity index (χ2n) is 8.88. The molecule has 0 spiro atoms. The molecule has 0 bridgehead atoms. The summed E-state index contributed by atoms with van der Waals surface area (Å²) in [7, 11) is 2.94. The molecule has 1 aliphatic heterocycles. The molecule has 9 heteroatoms. The number of carbonyl (C=O) groups excluding carboxylic acids is 2. The van der Waals surface area contributed by atoms with E-state index in [9.17, 15) is 14.7 Å². The Morgan fingerprint density at radius 2 is 1.94 bits per heavy atom. The first-order valence-corrected chi connectivity index (χ1v) is 12.0. The molecule has 0 saturated carbocycles. The molecule has 36 heavy (non-hydrogen) atoms. The molecule has 3 N–H and O–H groups in total. The Hall–Kier alpha value is -3.53. The maximum Gasteiger partial charge on any atom is 0.337 e. The average Bonchev–Trinajstić information content (AvgIpc) is 2.91. The van der Waals surface area contributed by atoms with Gasteiger partial charge in [-0.2, -0.15) is 0 Å². The van der Waals surface area contributed by atoms with E-state index in [1.807, 2.05) is 24.3 Å². The second kappa shape index (κ2) is 11.9. The fraction of sp³-hybridized carbons (Fsp3) is 0.370. The van der Waals surface area contributed by atoms with Crippen molar-refractivity contribution < 1.29 is 24.2 Å². The van der Waals surface area contributed by atoms with Gasteiger partial charge in [-0.15, -0.1) is 0 Å². The summed E-state index contributed by atoms with van der Waals surface area (Å²) in [6.07, 6.45) is 2.84. The summed E-state index contributed by atoms with van der Waals surface area (Å²) < 4.78 is 10.1. The van der Waals surface area contributed by atoms with E-state index in [2.05, 4.69) is 20.5 Å². The highest BCUT2D eigenvalue weighted by Gasteiger charge is 2.23. The van der Waals surface area contributed by atoms with Crippen molar-refractivity contribution in [3.8, 4) is 5.75 Å². The quantitative estimate of drug-likeness (QED) is 0.391. The molecule has 1 fully saturated rings. The molecule has 1 saturated heterocycles. The number of ether oxygens (including phenoxy) is 2. The van der Waals surface area contributed by atoms with Gasteiger partial charge < -0.3 is 30.1 Å². The molecule has 1 amide bonds. The summed E-state index contributed by atoms with van der Waals surface area (Å²) in [5, 5.41) is 18.0. The Morgan fingerprint density at radius 1 is 1.14 bits per heavy atom. The average molecular weight is 493 g/mol. The number of carbonyl (C=O) groups is 2. The van der Waals surface area contributed by atoms with Gasteiger partial charge in [0, 0.05) is 29.9 Å². The highest BCUT2D eigenvalue weighted by molar-refractivity contribution is 5.95. The Balaban J connectivity index is 1.24. The van der Waals surface area contributed by atoms with Crippen LogP contribution in [0.5, 0.6) is 5.75 Å². The van der Waals surface area contributed by atoms with Crippen LogP contribution in [0.15, 0.2) is 54.7 Å². The number of piperidine rings is 1. The zero-order valence-corrected chi connectivity index (χ0v) is 20.6. The summed E-state index contributed by atoms with van der Waals surface area (Å²) in [6, 6.07) is 14.4. The van der Waals surface area contributed by atoms with E-state index in [0.29, 0.717) is 17.8 Å². The number of methoxy groups -OCH3 is 2. The molecule has 9 nitrogen and oxygen atoms in total. The summed E-state index contributed by atoms with van der Waals surface area (Å²) in [5.41, 5.74) is 2.60. The summed E-state index contributed by atoms with van der Waals surface area (Å²) in [4.78, 5) is 30.7. The van der Waals surface area contributed by atoms with Gasteiger partial charge >= 0.3 is 5.97 Å². The van der Waals surface area contributed by atoms with Crippen LogP contribution in [0, 0.1) is 0 Å². The predicted octanol–water partition coefficient (Wildman–Crippen LogP) is 2.76. The normalized spacial score (nSPS) is 15.4. The standard InChI is InChI=1S/C27H32N4O5/c1-35-21-6-7-24-23(15-21)22(8-11-28-24)25(32)17-31-12-9-19(10-13-31)29-16-26(33)30-20-5-3-4-18(14-20)27(34)36-2/h3-8,11,14-15,19,25,29,32H,9-10,12-13,16-17H2,1-2H3,(H,30,33)/t25-/m1/s1. The highest BCUT2D eigenvalue weighted by Crippen LogP contribution is 2.27. The number of rotatable bonds is 9. The van der Waals surface area contributed by atoms with Crippen LogP contribution in [0.3, 0.4) is 0 Å². The van der Waals surface area contributed by atoms with Gasteiger partial charge in [-0.25, -0.2) is 4.79 Å². The molecule has 3 aromatic rings. The van der Waals surface area contributed by atoms with Crippen LogP contribution in [0.1, 0.15) is 34.9 Å². The van der Waals surface area contributed by atoms with Crippen molar-refractivity contribution in [1.29, 1.82) is 0 Å². The van der Waals surface area contributed by atoms with Gasteiger partial charge in [0.25, 0.3) is 0 Å². The topological polar surface area (TPSA) is 113 Å². The zero-order valence-electron chi connectivity index (χ0n) is 20.6. The van der Waals surface area contributed by atoms with Crippen LogP contribution < -0.4 is 15.4 Å². The summed E-state index contributed by atoms with van der Waals surface area (Å²) in [6.45, 7) is 2.36. The number of esters is 1. The van der Waals surface area contributed by atoms with Crippen LogP contribution in [0.4, 0.5) is 5.69 Å². The van der Waals surface area contributed by atoms with Gasteiger partial charge in [0.1, 0.15) is 5.75 Å². The number of hydrogen-bond acceptors (Lipinski definition) is 8. The lowest BCUT2D eigenvalue weighted by atomic mass is 10.0. The number of likely N-dealkylation sites (tertiary alicyclic amines) is 1. The third kappa shape index (κ3) is 6.37. The van der Waals surface area contributed by atoms with Crippen LogP contribution in [0.25, 0.3) is 10.9 Å². The molecular formula is C27H32N4O5. The van der Waals surface area contributed by atoms with E-state index in [1.165, 1.54) is 7.11 Å². The smallest absolute Gasteiger partial charge is 0.337 e. The summed E-state index contributed by atoms with van der Waals surface area (Å²) in [5.74, 6) is 0.115. The van der Waals surface area contributed by atoms with Gasteiger partial charge in [0.05, 0.1) is 37.9 Å². The number of nitrogens with zero attached hydrogens (tertiary/aromatic N) is 2. The van der Waals surface area contributed by atoms with E-state index < -0.39 is 12.1 Å². The van der Waals surface area contributed by atoms with Crippen molar-refractivity contribution in [2.75, 3.05) is 45.7 Å². The Kier molecular flexibility index (Phi) is 8.48. The minimum atomic E-state index is -0.640. The van der Waals surface area contributed by atoms with Crippen LogP contribution in [0.2, 0.25) is 0 Å². The highest BCUT2D eigenvalue weighted by atomic mass is 16.5. The van der Waals surface area contributed by atoms with Crippen molar-refractivity contribution in [2.24, 2.45) is 0 Å². The lowest BCUT2D eigenvalue weighted by Gasteiger charge is -2.33. The lowest BCUT2D eigenvalue weighted by molar-refractivity contribution is -0.115. The minimum Gasteiger partial charge on any atom is -0.497 e. The van der Waals surface area contributed by atoms with Crippen molar-refractivity contribution in [3.63, 3.8) is 0 Å². The molecule has 1 aromatic heterocycles. The third-order valence-electron chi connectivity index (χ3n) is 6.48. The summed E-state index contributed by atoms with van der Waals surface area (Å²) >= 11 is 0. The molecule has 0 aliphatic carbocycles. The lowest BCUT2D eigenvalue weighted by Crippen LogP contribution is -2.45. The first-order chi connectivity index (χ1) is 17.5. The monoisotopic (exact) mass is 492 g/mol. The van der Waals surface area contributed by atoms with E-state index in [4.69, 9.17) is 9.47 Å². The van der Waals surface area contributed by atoms with E-state index in [1.54, 1.807) is 37.6 Å². The Bertz CT molecular complexity index is 1210. The van der Waals surface area contributed by atoms with Gasteiger partial charge in [-0.3, -0.25) is 9.78 Å². The molecule has 4 rings (SSSR count). The molecule has 1 aliphatic rings. The number of aliphatic hydroxyl groups excluding tert-OH is 1. The van der Waals surface area contributed by atoms with Crippen LogP contribution in [-0.2, 0) is 9.53 Å².